The first kappa shape index (κ1) is 15.7. The van der Waals surface area contributed by atoms with E-state index in [1.165, 1.54) is 6.20 Å². The lowest BCUT2D eigenvalue weighted by Gasteiger charge is -2.25. The van der Waals surface area contributed by atoms with E-state index in [2.05, 4.69) is 31.1 Å². The molecule has 0 amide bonds. The minimum atomic E-state index is -0.0275. The van der Waals surface area contributed by atoms with Gasteiger partial charge in [0.05, 0.1) is 17.2 Å². The molecule has 0 fully saturated rings. The molecule has 1 heterocycles. The van der Waals surface area contributed by atoms with Gasteiger partial charge in [0, 0.05) is 12.6 Å². The number of para-hydroxylation sites is 2. The summed E-state index contributed by atoms with van der Waals surface area (Å²) < 4.78 is 1.85. The molecule has 0 aliphatic rings. The molecule has 1 aromatic heterocycles. The summed E-state index contributed by atoms with van der Waals surface area (Å²) in [5.41, 5.74) is 1.76. The smallest absolute Gasteiger partial charge is 0.269 e. The summed E-state index contributed by atoms with van der Waals surface area (Å²) in [6.45, 7) is 8.26. The summed E-state index contributed by atoms with van der Waals surface area (Å²) in [4.78, 5) is 16.4. The molecule has 0 saturated heterocycles. The molecule has 2 aromatic rings. The van der Waals surface area contributed by atoms with Crippen LogP contribution in [0.25, 0.3) is 11.0 Å². The van der Waals surface area contributed by atoms with Gasteiger partial charge in [0.2, 0.25) is 0 Å². The standard InChI is InChI=1S/C17H25N3O/c1-4-10-18-15(13(3)5-2)12-20-16-9-7-6-8-14(16)19-11-17(20)21/h6-9,11,13,15,18H,4-5,10,12H2,1-3H3. The summed E-state index contributed by atoms with van der Waals surface area (Å²) in [6, 6.07) is 8.13. The molecular formula is C17H25N3O. The van der Waals surface area contributed by atoms with Crippen LogP contribution < -0.4 is 10.9 Å². The number of hydrogen-bond acceptors (Lipinski definition) is 3. The largest absolute Gasteiger partial charge is 0.312 e. The molecule has 0 aliphatic heterocycles. The lowest BCUT2D eigenvalue weighted by molar-refractivity contribution is 0.330. The monoisotopic (exact) mass is 287 g/mol. The maximum Gasteiger partial charge on any atom is 0.269 e. The van der Waals surface area contributed by atoms with Crippen LogP contribution in [-0.4, -0.2) is 22.1 Å². The van der Waals surface area contributed by atoms with Gasteiger partial charge in [-0.25, -0.2) is 4.98 Å². The fourth-order valence-electron chi connectivity index (χ4n) is 2.56. The van der Waals surface area contributed by atoms with Gasteiger partial charge in [-0.1, -0.05) is 39.3 Å². The van der Waals surface area contributed by atoms with Crippen molar-refractivity contribution in [3.63, 3.8) is 0 Å². The first-order valence-electron chi connectivity index (χ1n) is 7.85. The van der Waals surface area contributed by atoms with Crippen LogP contribution in [0, 0.1) is 5.92 Å². The van der Waals surface area contributed by atoms with Crippen LogP contribution in [-0.2, 0) is 6.54 Å². The lowest BCUT2D eigenvalue weighted by Crippen LogP contribution is -2.41. The molecule has 0 aliphatic carbocycles. The zero-order chi connectivity index (χ0) is 15.2. The average molecular weight is 287 g/mol. The van der Waals surface area contributed by atoms with Crippen LogP contribution in [0.3, 0.4) is 0 Å². The van der Waals surface area contributed by atoms with E-state index in [1.807, 2.05) is 28.8 Å². The highest BCUT2D eigenvalue weighted by Gasteiger charge is 2.17. The molecule has 0 bridgehead atoms. The summed E-state index contributed by atoms with van der Waals surface area (Å²) in [7, 11) is 0. The first-order chi connectivity index (χ1) is 10.2. The van der Waals surface area contributed by atoms with Gasteiger partial charge in [-0.15, -0.1) is 0 Å². The third kappa shape index (κ3) is 3.70. The highest BCUT2D eigenvalue weighted by molar-refractivity contribution is 5.74. The normalized spacial score (nSPS) is 14.2. The van der Waals surface area contributed by atoms with E-state index in [9.17, 15) is 4.79 Å². The number of rotatable bonds is 7. The van der Waals surface area contributed by atoms with E-state index < -0.39 is 0 Å². The molecule has 2 unspecified atom stereocenters. The van der Waals surface area contributed by atoms with Gasteiger partial charge in [-0.3, -0.25) is 4.79 Å². The molecule has 1 aromatic carbocycles. The second-order valence-electron chi connectivity index (χ2n) is 5.64. The lowest BCUT2D eigenvalue weighted by atomic mass is 9.98. The second-order valence-corrected chi connectivity index (χ2v) is 5.64. The summed E-state index contributed by atoms with van der Waals surface area (Å²) in [5.74, 6) is 0.523. The van der Waals surface area contributed by atoms with Gasteiger partial charge < -0.3 is 9.88 Å². The Hall–Kier alpha value is -1.68. The van der Waals surface area contributed by atoms with Gasteiger partial charge in [-0.2, -0.15) is 0 Å². The van der Waals surface area contributed by atoms with Crippen LogP contribution >= 0.6 is 0 Å². The van der Waals surface area contributed by atoms with Gasteiger partial charge >= 0.3 is 0 Å². The molecule has 4 nitrogen and oxygen atoms in total. The Morgan fingerprint density at radius 2 is 2.05 bits per heavy atom. The Morgan fingerprint density at radius 3 is 2.76 bits per heavy atom. The Labute approximate surface area is 126 Å². The predicted octanol–water partition coefficient (Wildman–Crippen LogP) is 2.81. The predicted molar refractivity (Wildman–Crippen MR) is 87.5 cm³/mol. The molecule has 21 heavy (non-hydrogen) atoms. The minimum absolute atomic E-state index is 0.0275. The summed E-state index contributed by atoms with van der Waals surface area (Å²) in [5, 5.41) is 3.58. The molecule has 2 rings (SSSR count). The van der Waals surface area contributed by atoms with E-state index in [0.717, 1.165) is 30.4 Å². The van der Waals surface area contributed by atoms with Crippen molar-refractivity contribution in [2.45, 2.75) is 46.2 Å². The molecule has 0 spiro atoms. The van der Waals surface area contributed by atoms with Crippen LogP contribution in [0.1, 0.15) is 33.6 Å². The van der Waals surface area contributed by atoms with E-state index in [-0.39, 0.29) is 5.56 Å². The van der Waals surface area contributed by atoms with E-state index in [0.29, 0.717) is 18.5 Å². The molecule has 114 valence electrons. The SMILES string of the molecule is CCCNC(Cn1c(=O)cnc2ccccc21)C(C)CC. The maximum absolute atomic E-state index is 12.2. The second kappa shape index (κ2) is 7.36. The molecule has 1 N–H and O–H groups in total. The van der Waals surface area contributed by atoms with Crippen molar-refractivity contribution in [3.8, 4) is 0 Å². The van der Waals surface area contributed by atoms with Crippen molar-refractivity contribution >= 4 is 11.0 Å². The van der Waals surface area contributed by atoms with E-state index in [1.54, 1.807) is 0 Å². The Morgan fingerprint density at radius 1 is 1.29 bits per heavy atom. The first-order valence-corrected chi connectivity index (χ1v) is 7.85. The van der Waals surface area contributed by atoms with Crippen molar-refractivity contribution in [1.82, 2.24) is 14.9 Å². The molecule has 0 radical (unpaired) electrons. The summed E-state index contributed by atoms with van der Waals surface area (Å²) in [6.07, 6.45) is 3.62. The van der Waals surface area contributed by atoms with Gasteiger partial charge in [-0.05, 0) is 31.0 Å². The van der Waals surface area contributed by atoms with Crippen molar-refractivity contribution < 1.29 is 0 Å². The van der Waals surface area contributed by atoms with Crippen molar-refractivity contribution in [1.29, 1.82) is 0 Å². The van der Waals surface area contributed by atoms with Crippen LogP contribution in [0.15, 0.2) is 35.3 Å². The minimum Gasteiger partial charge on any atom is -0.312 e. The Kier molecular flexibility index (Phi) is 5.51. The zero-order valence-electron chi connectivity index (χ0n) is 13.2. The highest BCUT2D eigenvalue weighted by atomic mass is 16.1. The average Bonchev–Trinajstić information content (AvgIpc) is 2.52. The van der Waals surface area contributed by atoms with Crippen molar-refractivity contribution in [2.75, 3.05) is 6.54 Å². The van der Waals surface area contributed by atoms with Gasteiger partial charge in [0.1, 0.15) is 0 Å². The van der Waals surface area contributed by atoms with Crippen molar-refractivity contribution in [2.24, 2.45) is 5.92 Å². The zero-order valence-corrected chi connectivity index (χ0v) is 13.2. The van der Waals surface area contributed by atoms with Crippen LogP contribution in [0.5, 0.6) is 0 Å². The fourth-order valence-corrected chi connectivity index (χ4v) is 2.56. The molecule has 2 atom stereocenters. The molecule has 4 heteroatoms. The number of aromatic nitrogens is 2. The maximum atomic E-state index is 12.2. The fraction of sp³-hybridized carbons (Fsp3) is 0.529. The van der Waals surface area contributed by atoms with Crippen LogP contribution in [0.4, 0.5) is 0 Å². The van der Waals surface area contributed by atoms with Crippen LogP contribution in [0.2, 0.25) is 0 Å². The number of benzene rings is 1. The Bertz CT molecular complexity index is 635. The highest BCUT2D eigenvalue weighted by Crippen LogP contribution is 2.13. The molecular weight excluding hydrogens is 262 g/mol. The van der Waals surface area contributed by atoms with Gasteiger partial charge in [0.15, 0.2) is 0 Å². The number of nitrogens with zero attached hydrogens (tertiary/aromatic N) is 2. The van der Waals surface area contributed by atoms with Crippen molar-refractivity contribution in [3.05, 3.63) is 40.8 Å². The van der Waals surface area contributed by atoms with Gasteiger partial charge in [0.25, 0.3) is 5.56 Å². The third-order valence-electron chi connectivity index (χ3n) is 4.12. The van der Waals surface area contributed by atoms with E-state index >= 15 is 0 Å². The summed E-state index contributed by atoms with van der Waals surface area (Å²) >= 11 is 0. The quantitative estimate of drug-likeness (QED) is 0.852. The number of nitrogens with one attached hydrogen (secondary N) is 1. The Balaban J connectivity index is 2.35. The topological polar surface area (TPSA) is 46.9 Å². The number of hydrogen-bond donors (Lipinski definition) is 1. The molecule has 0 saturated carbocycles. The number of fused-ring (bicyclic) bond motifs is 1. The van der Waals surface area contributed by atoms with E-state index in [4.69, 9.17) is 0 Å². The third-order valence-corrected chi connectivity index (χ3v) is 4.12.